The molecule has 0 amide bonds. The van der Waals surface area contributed by atoms with Crippen molar-refractivity contribution in [1.82, 2.24) is 5.48 Å². The third-order valence-electron chi connectivity index (χ3n) is 2.48. The van der Waals surface area contributed by atoms with Crippen LogP contribution in [0.5, 0.6) is 0 Å². The number of rotatable bonds is 4. The van der Waals surface area contributed by atoms with Crippen molar-refractivity contribution in [3.63, 3.8) is 0 Å². The molecule has 1 aliphatic rings. The summed E-state index contributed by atoms with van der Waals surface area (Å²) in [5.41, 5.74) is 2.16. The van der Waals surface area contributed by atoms with Gasteiger partial charge in [0.1, 0.15) is 0 Å². The largest absolute Gasteiger partial charge is 0.317 e. The number of nitrogens with one attached hydrogen (secondary N) is 1. The van der Waals surface area contributed by atoms with Gasteiger partial charge in [0.2, 0.25) is 0 Å². The molecule has 1 aliphatic carbocycles. The van der Waals surface area contributed by atoms with Crippen molar-refractivity contribution < 1.29 is 9.42 Å². The van der Waals surface area contributed by atoms with Crippen molar-refractivity contribution in [3.05, 3.63) is 0 Å². The Bertz CT molecular complexity index is 180. The van der Waals surface area contributed by atoms with Gasteiger partial charge in [-0.3, -0.25) is 4.21 Å². The average molecular weight is 209 g/mol. The lowest BCUT2D eigenvalue weighted by Gasteiger charge is -2.44. The second-order valence-electron chi connectivity index (χ2n) is 3.21. The van der Waals surface area contributed by atoms with E-state index in [-0.39, 0.29) is 4.08 Å². The first-order chi connectivity index (χ1) is 5.64. The van der Waals surface area contributed by atoms with E-state index in [1.165, 1.54) is 0 Å². The Morgan fingerprint density at radius 3 is 2.67 bits per heavy atom. The van der Waals surface area contributed by atoms with E-state index in [9.17, 15) is 4.21 Å². The van der Waals surface area contributed by atoms with Crippen molar-refractivity contribution in [2.75, 3.05) is 19.1 Å². The molecular weight excluding hydrogens is 194 g/mol. The predicted molar refractivity (Wildman–Crippen MR) is 52.8 cm³/mol. The smallest absolute Gasteiger partial charge is 0.0909 e. The van der Waals surface area contributed by atoms with Crippen molar-refractivity contribution in [1.29, 1.82) is 0 Å². The van der Waals surface area contributed by atoms with Gasteiger partial charge in [0.25, 0.3) is 0 Å². The Morgan fingerprint density at radius 1 is 1.75 bits per heavy atom. The first kappa shape index (κ1) is 10.5. The Kier molecular flexibility index (Phi) is 3.58. The lowest BCUT2D eigenvalue weighted by atomic mass is 9.84. The summed E-state index contributed by atoms with van der Waals surface area (Å²) in [5, 5.41) is 8.45. The minimum atomic E-state index is -0.753. The molecule has 0 aromatic heterocycles. The lowest BCUT2D eigenvalue weighted by molar-refractivity contribution is 0.125. The zero-order valence-electron chi connectivity index (χ0n) is 7.37. The maximum absolute atomic E-state index is 11.3. The highest BCUT2D eigenvalue weighted by molar-refractivity contribution is 8.12. The first-order valence-electron chi connectivity index (χ1n) is 3.90. The van der Waals surface area contributed by atoms with E-state index in [4.69, 9.17) is 5.21 Å². The van der Waals surface area contributed by atoms with E-state index < -0.39 is 10.8 Å². The Labute approximate surface area is 79.7 Å². The molecule has 2 N–H and O–H groups in total. The summed E-state index contributed by atoms with van der Waals surface area (Å²) in [4.78, 5) is 0. The molecule has 0 spiro atoms. The third-order valence-corrected chi connectivity index (χ3v) is 6.14. The fraction of sp³-hybridized carbons (Fsp3) is 1.00. The Hall–Kier alpha value is 0.420. The summed E-state index contributed by atoms with van der Waals surface area (Å²) in [7, 11) is -0.753. The van der Waals surface area contributed by atoms with Crippen LogP contribution in [0.15, 0.2) is 0 Å². The summed E-state index contributed by atoms with van der Waals surface area (Å²) in [6, 6.07) is 0. The second kappa shape index (κ2) is 4.09. The SMILES string of the molecule is CSC1(S(C)=O)CC(CNO)C1. The van der Waals surface area contributed by atoms with Gasteiger partial charge < -0.3 is 5.21 Å². The minimum Gasteiger partial charge on any atom is -0.317 e. The maximum atomic E-state index is 11.3. The molecule has 1 atom stereocenters. The summed E-state index contributed by atoms with van der Waals surface area (Å²) in [5.74, 6) is 0.492. The van der Waals surface area contributed by atoms with Crippen LogP contribution in [0.3, 0.4) is 0 Å². The van der Waals surface area contributed by atoms with Gasteiger partial charge in [-0.25, -0.2) is 5.48 Å². The van der Waals surface area contributed by atoms with Crippen LogP contribution in [0.2, 0.25) is 0 Å². The topological polar surface area (TPSA) is 49.3 Å². The van der Waals surface area contributed by atoms with Crippen molar-refractivity contribution in [3.8, 4) is 0 Å². The van der Waals surface area contributed by atoms with Crippen LogP contribution in [0.25, 0.3) is 0 Å². The molecule has 1 fully saturated rings. The number of hydrogen-bond acceptors (Lipinski definition) is 4. The van der Waals surface area contributed by atoms with Gasteiger partial charge in [-0.05, 0) is 25.0 Å². The molecule has 0 aliphatic heterocycles. The van der Waals surface area contributed by atoms with Gasteiger partial charge in [0, 0.05) is 23.6 Å². The standard InChI is InChI=1S/C7H15NO2S2/c1-11-7(12(2)10)3-6(4-7)5-8-9/h6,8-9H,3-5H2,1-2H3. The maximum Gasteiger partial charge on any atom is 0.0909 e. The number of thioether (sulfide) groups is 1. The van der Waals surface area contributed by atoms with E-state index in [0.29, 0.717) is 12.5 Å². The molecule has 0 aromatic rings. The Morgan fingerprint density at radius 2 is 2.33 bits per heavy atom. The molecule has 1 saturated carbocycles. The first-order valence-corrected chi connectivity index (χ1v) is 6.68. The van der Waals surface area contributed by atoms with Crippen molar-refractivity contribution >= 4 is 22.6 Å². The van der Waals surface area contributed by atoms with Crippen molar-refractivity contribution in [2.45, 2.75) is 16.9 Å². The van der Waals surface area contributed by atoms with E-state index in [2.05, 4.69) is 5.48 Å². The molecule has 3 nitrogen and oxygen atoms in total. The molecule has 0 radical (unpaired) electrons. The second-order valence-corrected chi connectivity index (χ2v) is 6.34. The highest BCUT2D eigenvalue weighted by atomic mass is 32.2. The van der Waals surface area contributed by atoms with Gasteiger partial charge in [-0.15, -0.1) is 11.8 Å². The fourth-order valence-corrected chi connectivity index (χ4v) is 4.30. The fourth-order valence-electron chi connectivity index (χ4n) is 1.61. The molecule has 1 unspecified atom stereocenters. The summed E-state index contributed by atoms with van der Waals surface area (Å²) < 4.78 is 11.3. The van der Waals surface area contributed by atoms with Crippen LogP contribution >= 0.6 is 11.8 Å². The van der Waals surface area contributed by atoms with Gasteiger partial charge in [0.05, 0.1) is 4.08 Å². The summed E-state index contributed by atoms with van der Waals surface area (Å²) >= 11 is 1.69. The van der Waals surface area contributed by atoms with Gasteiger partial charge in [-0.1, -0.05) is 0 Å². The highest BCUT2D eigenvalue weighted by Crippen LogP contribution is 2.48. The molecule has 0 heterocycles. The van der Waals surface area contributed by atoms with Crippen LogP contribution in [0, 0.1) is 5.92 Å². The lowest BCUT2D eigenvalue weighted by Crippen LogP contribution is -2.47. The van der Waals surface area contributed by atoms with Crippen molar-refractivity contribution in [2.24, 2.45) is 5.92 Å². The molecule has 1 rings (SSSR count). The van der Waals surface area contributed by atoms with Crippen LogP contribution in [-0.2, 0) is 10.8 Å². The third kappa shape index (κ3) is 1.84. The predicted octanol–water partition coefficient (Wildman–Crippen LogP) is 0.813. The van der Waals surface area contributed by atoms with Gasteiger partial charge in [-0.2, -0.15) is 0 Å². The summed E-state index contributed by atoms with van der Waals surface area (Å²) in [6.45, 7) is 0.625. The van der Waals surface area contributed by atoms with Crippen LogP contribution in [0.1, 0.15) is 12.8 Å². The normalized spacial score (nSPS) is 37.4. The van der Waals surface area contributed by atoms with E-state index >= 15 is 0 Å². The van der Waals surface area contributed by atoms with Gasteiger partial charge in [0.15, 0.2) is 0 Å². The quantitative estimate of drug-likeness (QED) is 0.673. The molecule has 0 bridgehead atoms. The molecule has 72 valence electrons. The number of hydrogen-bond donors (Lipinski definition) is 2. The monoisotopic (exact) mass is 209 g/mol. The van der Waals surface area contributed by atoms with Crippen LogP contribution in [-0.4, -0.2) is 32.6 Å². The molecule has 5 heteroatoms. The highest BCUT2D eigenvalue weighted by Gasteiger charge is 2.46. The zero-order chi connectivity index (χ0) is 9.19. The zero-order valence-corrected chi connectivity index (χ0v) is 9.00. The molecule has 0 saturated heterocycles. The van der Waals surface area contributed by atoms with Gasteiger partial charge >= 0.3 is 0 Å². The Balaban J connectivity index is 2.41. The van der Waals surface area contributed by atoms with Crippen LogP contribution < -0.4 is 5.48 Å². The average Bonchev–Trinajstić information content (AvgIpc) is 1.95. The molecular formula is C7H15NO2S2. The minimum absolute atomic E-state index is 0.0263. The molecule has 12 heavy (non-hydrogen) atoms. The number of hydroxylamine groups is 1. The van der Waals surface area contributed by atoms with E-state index in [1.54, 1.807) is 18.0 Å². The van der Waals surface area contributed by atoms with Crippen LogP contribution in [0.4, 0.5) is 0 Å². The summed E-state index contributed by atoms with van der Waals surface area (Å²) in [6.07, 6.45) is 5.67. The molecule has 0 aromatic carbocycles. The van der Waals surface area contributed by atoms with E-state index in [1.807, 2.05) is 6.26 Å². The van der Waals surface area contributed by atoms with E-state index in [0.717, 1.165) is 12.8 Å².